The molecule has 1 unspecified atom stereocenters. The Hall–Kier alpha value is -1.44. The Morgan fingerprint density at radius 3 is 2.82 bits per heavy atom. The molecule has 0 aromatic carbocycles. The van der Waals surface area contributed by atoms with Crippen LogP contribution in [-0.2, 0) is 4.74 Å². The average molecular weight is 232 g/mol. The van der Waals surface area contributed by atoms with Gasteiger partial charge in [-0.05, 0) is 31.4 Å². The van der Waals surface area contributed by atoms with Crippen molar-refractivity contribution < 1.29 is 9.84 Å². The molecule has 2 rings (SSSR count). The van der Waals surface area contributed by atoms with Crippen molar-refractivity contribution in [1.29, 1.82) is 5.26 Å². The van der Waals surface area contributed by atoms with Crippen molar-refractivity contribution in [2.45, 2.75) is 25.9 Å². The lowest BCUT2D eigenvalue weighted by atomic mass is 9.74. The van der Waals surface area contributed by atoms with Gasteiger partial charge in [0.05, 0.1) is 17.6 Å². The quantitative estimate of drug-likeness (QED) is 0.843. The van der Waals surface area contributed by atoms with Crippen LogP contribution in [-0.4, -0.2) is 23.3 Å². The van der Waals surface area contributed by atoms with Crippen molar-refractivity contribution in [3.8, 4) is 6.07 Å². The molecule has 0 saturated carbocycles. The van der Waals surface area contributed by atoms with Crippen LogP contribution in [0.4, 0.5) is 0 Å². The largest absolute Gasteiger partial charge is 0.387 e. The minimum absolute atomic E-state index is 0.532. The minimum atomic E-state index is -0.787. The molecule has 1 N–H and O–H groups in total. The zero-order chi connectivity index (χ0) is 12.3. The van der Waals surface area contributed by atoms with E-state index < -0.39 is 11.5 Å². The maximum absolute atomic E-state index is 10.5. The zero-order valence-corrected chi connectivity index (χ0v) is 9.89. The highest BCUT2D eigenvalue weighted by Gasteiger charge is 2.41. The molecule has 1 aromatic heterocycles. The van der Waals surface area contributed by atoms with Crippen LogP contribution in [0, 0.1) is 23.7 Å². The number of hydrogen-bond acceptors (Lipinski definition) is 4. The number of nitrogens with zero attached hydrogens (tertiary/aromatic N) is 2. The van der Waals surface area contributed by atoms with E-state index >= 15 is 0 Å². The SMILES string of the molecule is Cc1ccncc1C(O)C1(C#N)CCOCC1. The molecule has 0 spiro atoms. The van der Waals surface area contributed by atoms with Crippen molar-refractivity contribution in [2.24, 2.45) is 5.41 Å². The van der Waals surface area contributed by atoms with Crippen molar-refractivity contribution >= 4 is 0 Å². The average Bonchev–Trinajstić information content (AvgIpc) is 2.39. The first kappa shape index (κ1) is 12.0. The summed E-state index contributed by atoms with van der Waals surface area (Å²) in [5, 5.41) is 19.8. The predicted molar refractivity (Wildman–Crippen MR) is 62.0 cm³/mol. The molecule has 1 aromatic rings. The van der Waals surface area contributed by atoms with E-state index in [1.165, 1.54) is 0 Å². The second-order valence-corrected chi connectivity index (χ2v) is 4.52. The van der Waals surface area contributed by atoms with Gasteiger partial charge in [-0.3, -0.25) is 4.98 Å². The number of aliphatic hydroxyl groups is 1. The maximum Gasteiger partial charge on any atom is 0.0995 e. The van der Waals surface area contributed by atoms with Gasteiger partial charge in [-0.2, -0.15) is 5.26 Å². The number of aliphatic hydroxyl groups excluding tert-OH is 1. The molecular weight excluding hydrogens is 216 g/mol. The van der Waals surface area contributed by atoms with Crippen LogP contribution in [0.25, 0.3) is 0 Å². The Kier molecular flexibility index (Phi) is 3.41. The summed E-state index contributed by atoms with van der Waals surface area (Å²) in [5.41, 5.74) is 0.982. The second-order valence-electron chi connectivity index (χ2n) is 4.52. The van der Waals surface area contributed by atoms with E-state index in [0.717, 1.165) is 11.1 Å². The first-order chi connectivity index (χ1) is 8.19. The van der Waals surface area contributed by atoms with Crippen LogP contribution in [0.3, 0.4) is 0 Å². The number of aryl methyl sites for hydroxylation is 1. The fourth-order valence-corrected chi connectivity index (χ4v) is 2.24. The molecule has 0 radical (unpaired) electrons. The number of aromatic nitrogens is 1. The van der Waals surface area contributed by atoms with Crippen LogP contribution >= 0.6 is 0 Å². The van der Waals surface area contributed by atoms with Crippen LogP contribution in [0.15, 0.2) is 18.5 Å². The third-order valence-electron chi connectivity index (χ3n) is 3.51. The molecule has 0 amide bonds. The molecule has 2 heterocycles. The molecule has 1 aliphatic heterocycles. The lowest BCUT2D eigenvalue weighted by molar-refractivity contribution is -0.0313. The van der Waals surface area contributed by atoms with Crippen LogP contribution in [0.2, 0.25) is 0 Å². The van der Waals surface area contributed by atoms with E-state index in [2.05, 4.69) is 11.1 Å². The number of pyridine rings is 1. The monoisotopic (exact) mass is 232 g/mol. The van der Waals surface area contributed by atoms with E-state index in [1.54, 1.807) is 12.4 Å². The van der Waals surface area contributed by atoms with Crippen molar-refractivity contribution in [2.75, 3.05) is 13.2 Å². The van der Waals surface area contributed by atoms with Crippen molar-refractivity contribution in [3.63, 3.8) is 0 Å². The second kappa shape index (κ2) is 4.82. The molecule has 4 heteroatoms. The molecule has 17 heavy (non-hydrogen) atoms. The standard InChI is InChI=1S/C13H16N2O2/c1-10-2-5-15-8-11(10)12(16)13(9-14)3-6-17-7-4-13/h2,5,8,12,16H,3-4,6-7H2,1H3. The van der Waals surface area contributed by atoms with Gasteiger partial charge in [-0.1, -0.05) is 0 Å². The van der Waals surface area contributed by atoms with Crippen molar-refractivity contribution in [1.82, 2.24) is 4.98 Å². The Morgan fingerprint density at radius 1 is 1.53 bits per heavy atom. The van der Waals surface area contributed by atoms with Gasteiger partial charge in [0, 0.05) is 31.2 Å². The Bertz CT molecular complexity index is 433. The van der Waals surface area contributed by atoms with E-state index in [0.29, 0.717) is 26.1 Å². The maximum atomic E-state index is 10.5. The van der Waals surface area contributed by atoms with Gasteiger partial charge >= 0.3 is 0 Å². The van der Waals surface area contributed by atoms with Gasteiger partial charge in [0.1, 0.15) is 0 Å². The predicted octanol–water partition coefficient (Wildman–Crippen LogP) is 1.74. The van der Waals surface area contributed by atoms with E-state index in [9.17, 15) is 10.4 Å². The minimum Gasteiger partial charge on any atom is -0.387 e. The highest BCUT2D eigenvalue weighted by atomic mass is 16.5. The fourth-order valence-electron chi connectivity index (χ4n) is 2.24. The third-order valence-corrected chi connectivity index (χ3v) is 3.51. The summed E-state index contributed by atoms with van der Waals surface area (Å²) < 4.78 is 5.27. The van der Waals surface area contributed by atoms with Crippen LogP contribution < -0.4 is 0 Å². The highest BCUT2D eigenvalue weighted by Crippen LogP contribution is 2.42. The summed E-state index contributed by atoms with van der Waals surface area (Å²) in [7, 11) is 0. The summed E-state index contributed by atoms with van der Waals surface area (Å²) in [4.78, 5) is 4.03. The molecular formula is C13H16N2O2. The highest BCUT2D eigenvalue weighted by molar-refractivity contribution is 5.28. The molecule has 0 bridgehead atoms. The van der Waals surface area contributed by atoms with Gasteiger partial charge in [0.15, 0.2) is 0 Å². The Labute approximate surface area is 101 Å². The lowest BCUT2D eigenvalue weighted by Gasteiger charge is -2.35. The molecule has 0 aliphatic carbocycles. The number of ether oxygens (including phenoxy) is 1. The molecule has 1 atom stereocenters. The molecule has 4 nitrogen and oxygen atoms in total. The summed E-state index contributed by atoms with van der Waals surface area (Å²) in [6.07, 6.45) is 3.69. The smallest absolute Gasteiger partial charge is 0.0995 e. The summed E-state index contributed by atoms with van der Waals surface area (Å²) >= 11 is 0. The van der Waals surface area contributed by atoms with Gasteiger partial charge in [0.2, 0.25) is 0 Å². The number of hydrogen-bond donors (Lipinski definition) is 1. The van der Waals surface area contributed by atoms with Crippen LogP contribution in [0.1, 0.15) is 30.1 Å². The normalized spacial score (nSPS) is 20.5. The van der Waals surface area contributed by atoms with Crippen molar-refractivity contribution in [3.05, 3.63) is 29.6 Å². The van der Waals surface area contributed by atoms with Crippen LogP contribution in [0.5, 0.6) is 0 Å². The van der Waals surface area contributed by atoms with Gasteiger partial charge < -0.3 is 9.84 Å². The summed E-state index contributed by atoms with van der Waals surface area (Å²) in [6, 6.07) is 4.14. The van der Waals surface area contributed by atoms with E-state index in [-0.39, 0.29) is 0 Å². The first-order valence-electron chi connectivity index (χ1n) is 5.77. The topological polar surface area (TPSA) is 66.1 Å². The Morgan fingerprint density at radius 2 is 2.24 bits per heavy atom. The van der Waals surface area contributed by atoms with E-state index in [1.807, 2.05) is 13.0 Å². The summed E-state index contributed by atoms with van der Waals surface area (Å²) in [6.45, 7) is 2.98. The van der Waals surface area contributed by atoms with E-state index in [4.69, 9.17) is 4.74 Å². The Balaban J connectivity index is 2.32. The van der Waals surface area contributed by atoms with Gasteiger partial charge in [-0.25, -0.2) is 0 Å². The lowest BCUT2D eigenvalue weighted by Crippen LogP contribution is -2.34. The fraction of sp³-hybridized carbons (Fsp3) is 0.538. The molecule has 1 saturated heterocycles. The molecule has 1 fully saturated rings. The number of nitriles is 1. The summed E-state index contributed by atoms with van der Waals surface area (Å²) in [5.74, 6) is 0. The first-order valence-corrected chi connectivity index (χ1v) is 5.77. The molecule has 1 aliphatic rings. The zero-order valence-electron chi connectivity index (χ0n) is 9.89. The van der Waals surface area contributed by atoms with Gasteiger partial charge in [0.25, 0.3) is 0 Å². The number of rotatable bonds is 2. The molecule has 90 valence electrons. The third kappa shape index (κ3) is 2.17. The van der Waals surface area contributed by atoms with Gasteiger partial charge in [-0.15, -0.1) is 0 Å².